The monoisotopic (exact) mass is 222 g/mol. The van der Waals surface area contributed by atoms with Crippen LogP contribution in [0.15, 0.2) is 18.3 Å². The van der Waals surface area contributed by atoms with Crippen molar-refractivity contribution in [3.8, 4) is 0 Å². The number of hydrogen-bond donors (Lipinski definition) is 1. The minimum atomic E-state index is -0.778. The Kier molecular flexibility index (Phi) is 4.28. The van der Waals surface area contributed by atoms with Crippen molar-refractivity contribution in [2.75, 3.05) is 11.4 Å². The number of aliphatic carboxylic acids is 1. The van der Waals surface area contributed by atoms with Gasteiger partial charge in [0.25, 0.3) is 0 Å². The highest BCUT2D eigenvalue weighted by molar-refractivity contribution is 5.67. The zero-order valence-corrected chi connectivity index (χ0v) is 9.97. The van der Waals surface area contributed by atoms with Crippen molar-refractivity contribution in [3.63, 3.8) is 0 Å². The fourth-order valence-corrected chi connectivity index (χ4v) is 1.60. The first kappa shape index (κ1) is 12.5. The molecule has 0 atom stereocenters. The van der Waals surface area contributed by atoms with E-state index < -0.39 is 5.97 Å². The highest BCUT2D eigenvalue weighted by Gasteiger charge is 2.14. The number of carboxylic acids is 1. The zero-order chi connectivity index (χ0) is 12.1. The molecule has 16 heavy (non-hydrogen) atoms. The standard InChI is InChI=1S/C12H18N2O2/c1-9(2)14(8-6-11(15)16)12-10(3)5-4-7-13-12/h4-5,7,9H,6,8H2,1-3H3,(H,15,16). The Morgan fingerprint density at radius 2 is 2.25 bits per heavy atom. The van der Waals surface area contributed by atoms with E-state index >= 15 is 0 Å². The van der Waals surface area contributed by atoms with Crippen LogP contribution in [0, 0.1) is 6.92 Å². The van der Waals surface area contributed by atoms with E-state index in [1.165, 1.54) is 0 Å². The Morgan fingerprint density at radius 3 is 2.75 bits per heavy atom. The van der Waals surface area contributed by atoms with E-state index in [2.05, 4.69) is 4.98 Å². The van der Waals surface area contributed by atoms with Gasteiger partial charge in [-0.1, -0.05) is 6.07 Å². The first-order valence-corrected chi connectivity index (χ1v) is 5.42. The van der Waals surface area contributed by atoms with Gasteiger partial charge in [-0.25, -0.2) is 4.98 Å². The lowest BCUT2D eigenvalue weighted by molar-refractivity contribution is -0.136. The van der Waals surface area contributed by atoms with Gasteiger partial charge in [0.15, 0.2) is 0 Å². The molecular weight excluding hydrogens is 204 g/mol. The fourth-order valence-electron chi connectivity index (χ4n) is 1.60. The summed E-state index contributed by atoms with van der Waals surface area (Å²) in [6.07, 6.45) is 1.87. The molecule has 0 aliphatic carbocycles. The van der Waals surface area contributed by atoms with Gasteiger partial charge in [-0.15, -0.1) is 0 Å². The molecule has 0 aliphatic rings. The average molecular weight is 222 g/mol. The molecule has 1 N–H and O–H groups in total. The molecule has 4 heteroatoms. The number of aromatic nitrogens is 1. The second kappa shape index (κ2) is 5.49. The van der Waals surface area contributed by atoms with E-state index in [0.29, 0.717) is 6.54 Å². The second-order valence-corrected chi connectivity index (χ2v) is 4.07. The largest absolute Gasteiger partial charge is 0.481 e. The Labute approximate surface area is 95.9 Å². The summed E-state index contributed by atoms with van der Waals surface area (Å²) in [4.78, 5) is 16.9. The minimum absolute atomic E-state index is 0.133. The van der Waals surface area contributed by atoms with Gasteiger partial charge in [-0.3, -0.25) is 4.79 Å². The molecule has 0 fully saturated rings. The van der Waals surface area contributed by atoms with E-state index in [4.69, 9.17) is 5.11 Å². The van der Waals surface area contributed by atoms with E-state index in [-0.39, 0.29) is 12.5 Å². The number of nitrogens with zero attached hydrogens (tertiary/aromatic N) is 2. The highest BCUT2D eigenvalue weighted by atomic mass is 16.4. The molecule has 0 bridgehead atoms. The molecule has 0 aliphatic heterocycles. The van der Waals surface area contributed by atoms with Crippen molar-refractivity contribution < 1.29 is 9.90 Å². The molecule has 0 unspecified atom stereocenters. The van der Waals surface area contributed by atoms with Gasteiger partial charge in [0.1, 0.15) is 5.82 Å². The Bertz CT molecular complexity index is 364. The van der Waals surface area contributed by atoms with Gasteiger partial charge < -0.3 is 10.0 Å². The quantitative estimate of drug-likeness (QED) is 0.828. The van der Waals surface area contributed by atoms with Crippen LogP contribution in [-0.4, -0.2) is 28.6 Å². The number of carbonyl (C=O) groups is 1. The predicted molar refractivity (Wildman–Crippen MR) is 63.7 cm³/mol. The summed E-state index contributed by atoms with van der Waals surface area (Å²) >= 11 is 0. The van der Waals surface area contributed by atoms with Gasteiger partial charge in [-0.05, 0) is 32.4 Å². The van der Waals surface area contributed by atoms with Crippen LogP contribution in [-0.2, 0) is 4.79 Å². The third kappa shape index (κ3) is 3.22. The predicted octanol–water partition coefficient (Wildman–Crippen LogP) is 2.08. The highest BCUT2D eigenvalue weighted by Crippen LogP contribution is 2.18. The molecule has 88 valence electrons. The van der Waals surface area contributed by atoms with Crippen LogP contribution >= 0.6 is 0 Å². The maximum absolute atomic E-state index is 10.6. The van der Waals surface area contributed by atoms with Crippen LogP contribution in [0.25, 0.3) is 0 Å². The molecular formula is C12H18N2O2. The summed E-state index contributed by atoms with van der Waals surface area (Å²) < 4.78 is 0. The molecule has 0 radical (unpaired) electrons. The van der Waals surface area contributed by atoms with Crippen molar-refractivity contribution in [2.45, 2.75) is 33.2 Å². The lowest BCUT2D eigenvalue weighted by Gasteiger charge is -2.28. The van der Waals surface area contributed by atoms with Crippen molar-refractivity contribution in [3.05, 3.63) is 23.9 Å². The van der Waals surface area contributed by atoms with E-state index in [1.54, 1.807) is 6.20 Å². The lowest BCUT2D eigenvalue weighted by atomic mass is 10.2. The smallest absolute Gasteiger partial charge is 0.305 e. The van der Waals surface area contributed by atoms with Crippen LogP contribution < -0.4 is 4.90 Å². The second-order valence-electron chi connectivity index (χ2n) is 4.07. The Hall–Kier alpha value is -1.58. The maximum atomic E-state index is 10.6. The van der Waals surface area contributed by atoms with Gasteiger partial charge >= 0.3 is 5.97 Å². The van der Waals surface area contributed by atoms with Crippen LogP contribution in [0.5, 0.6) is 0 Å². The third-order valence-electron chi connectivity index (χ3n) is 2.44. The molecule has 0 saturated carbocycles. The van der Waals surface area contributed by atoms with Gasteiger partial charge in [0, 0.05) is 18.8 Å². The topological polar surface area (TPSA) is 53.4 Å². The number of pyridine rings is 1. The third-order valence-corrected chi connectivity index (χ3v) is 2.44. The minimum Gasteiger partial charge on any atom is -0.481 e. The summed E-state index contributed by atoms with van der Waals surface area (Å²) in [5.74, 6) is 0.0954. The summed E-state index contributed by atoms with van der Waals surface area (Å²) in [5, 5.41) is 8.71. The molecule has 0 aromatic carbocycles. The Morgan fingerprint density at radius 1 is 1.56 bits per heavy atom. The summed E-state index contributed by atoms with van der Waals surface area (Å²) in [6, 6.07) is 4.11. The number of hydrogen-bond acceptors (Lipinski definition) is 3. The van der Waals surface area contributed by atoms with Crippen LogP contribution in [0.4, 0.5) is 5.82 Å². The van der Waals surface area contributed by atoms with Crippen LogP contribution in [0.3, 0.4) is 0 Å². The van der Waals surface area contributed by atoms with Gasteiger partial charge in [-0.2, -0.15) is 0 Å². The SMILES string of the molecule is Cc1cccnc1N(CCC(=O)O)C(C)C. The molecule has 0 saturated heterocycles. The maximum Gasteiger partial charge on any atom is 0.305 e. The van der Waals surface area contributed by atoms with Crippen LogP contribution in [0.1, 0.15) is 25.8 Å². The molecule has 1 aromatic rings. The number of anilines is 1. The van der Waals surface area contributed by atoms with Crippen molar-refractivity contribution >= 4 is 11.8 Å². The zero-order valence-electron chi connectivity index (χ0n) is 9.97. The first-order valence-electron chi connectivity index (χ1n) is 5.42. The molecule has 1 aromatic heterocycles. The first-order chi connectivity index (χ1) is 7.52. The van der Waals surface area contributed by atoms with Crippen molar-refractivity contribution in [1.29, 1.82) is 0 Å². The summed E-state index contributed by atoms with van der Waals surface area (Å²) in [5.41, 5.74) is 1.07. The molecule has 1 rings (SSSR count). The number of rotatable bonds is 5. The van der Waals surface area contributed by atoms with Crippen LogP contribution in [0.2, 0.25) is 0 Å². The molecule has 0 amide bonds. The van der Waals surface area contributed by atoms with Crippen molar-refractivity contribution in [1.82, 2.24) is 4.98 Å². The van der Waals surface area contributed by atoms with Gasteiger partial charge in [0.2, 0.25) is 0 Å². The lowest BCUT2D eigenvalue weighted by Crippen LogP contribution is -2.34. The molecule has 1 heterocycles. The number of carboxylic acid groups (broad SMARTS) is 1. The fraction of sp³-hybridized carbons (Fsp3) is 0.500. The summed E-state index contributed by atoms with van der Waals surface area (Å²) in [7, 11) is 0. The van der Waals surface area contributed by atoms with Crippen molar-refractivity contribution in [2.24, 2.45) is 0 Å². The molecule has 0 spiro atoms. The number of aryl methyl sites for hydroxylation is 1. The normalized spacial score (nSPS) is 10.5. The Balaban J connectivity index is 2.85. The van der Waals surface area contributed by atoms with E-state index in [0.717, 1.165) is 11.4 Å². The summed E-state index contributed by atoms with van der Waals surface area (Å²) in [6.45, 7) is 6.55. The average Bonchev–Trinajstić information content (AvgIpc) is 2.20. The van der Waals surface area contributed by atoms with E-state index in [1.807, 2.05) is 37.8 Å². The van der Waals surface area contributed by atoms with Gasteiger partial charge in [0.05, 0.1) is 6.42 Å². The molecule has 4 nitrogen and oxygen atoms in total. The van der Waals surface area contributed by atoms with E-state index in [9.17, 15) is 4.79 Å².